The molecule has 0 spiro atoms. The summed E-state index contributed by atoms with van der Waals surface area (Å²) in [6, 6.07) is 15.6. The summed E-state index contributed by atoms with van der Waals surface area (Å²) in [6.45, 7) is 7.22. The zero-order chi connectivity index (χ0) is 23.8. The van der Waals surface area contributed by atoms with Crippen molar-refractivity contribution in [3.63, 3.8) is 0 Å². The van der Waals surface area contributed by atoms with Crippen molar-refractivity contribution in [3.05, 3.63) is 76.1 Å². The summed E-state index contributed by atoms with van der Waals surface area (Å²) in [5.74, 6) is 0.984. The zero-order valence-corrected chi connectivity index (χ0v) is 21.0. The van der Waals surface area contributed by atoms with E-state index in [1.54, 1.807) is 10.9 Å². The smallest absolute Gasteiger partial charge is 0.275 e. The SMILES string of the molecule is CCN(C)CCCn1c(C)nc2cc(-n3cnc4cc(-c5ccc(Cl)cc5)sc4c3=O)ccc21. The number of aryl methyl sites for hydroxylation is 2. The molecule has 0 unspecified atom stereocenters. The molecule has 0 amide bonds. The van der Waals surface area contributed by atoms with Crippen LogP contribution in [0, 0.1) is 6.92 Å². The van der Waals surface area contributed by atoms with Crippen molar-refractivity contribution in [2.45, 2.75) is 26.8 Å². The Balaban J connectivity index is 1.48. The maximum atomic E-state index is 13.4. The molecule has 174 valence electrons. The monoisotopic (exact) mass is 491 g/mol. The fourth-order valence-corrected chi connectivity index (χ4v) is 5.35. The summed E-state index contributed by atoms with van der Waals surface area (Å²) in [7, 11) is 2.14. The minimum Gasteiger partial charge on any atom is -0.328 e. The van der Waals surface area contributed by atoms with Crippen molar-refractivity contribution in [1.82, 2.24) is 24.0 Å². The molecule has 0 aliphatic heterocycles. The summed E-state index contributed by atoms with van der Waals surface area (Å²) in [5.41, 5.74) is 4.39. The highest BCUT2D eigenvalue weighted by Gasteiger charge is 2.14. The van der Waals surface area contributed by atoms with Gasteiger partial charge >= 0.3 is 0 Å². The van der Waals surface area contributed by atoms with Crippen molar-refractivity contribution in [2.75, 3.05) is 20.1 Å². The van der Waals surface area contributed by atoms with E-state index in [0.29, 0.717) is 15.2 Å². The lowest BCUT2D eigenvalue weighted by atomic mass is 10.2. The number of nitrogens with zero attached hydrogens (tertiary/aromatic N) is 5. The molecule has 0 aliphatic rings. The Hall–Kier alpha value is -3.00. The molecule has 0 radical (unpaired) electrons. The van der Waals surface area contributed by atoms with Crippen molar-refractivity contribution in [3.8, 4) is 16.1 Å². The van der Waals surface area contributed by atoms with Gasteiger partial charge in [0.1, 0.15) is 16.9 Å². The molecule has 0 saturated heterocycles. The van der Waals surface area contributed by atoms with E-state index in [2.05, 4.69) is 34.5 Å². The molecular formula is C26H26ClN5OS. The van der Waals surface area contributed by atoms with Crippen molar-refractivity contribution >= 4 is 44.2 Å². The second-order valence-electron chi connectivity index (χ2n) is 8.48. The number of imidazole rings is 1. The molecule has 3 aromatic heterocycles. The molecular weight excluding hydrogens is 466 g/mol. The first-order valence-electron chi connectivity index (χ1n) is 11.4. The van der Waals surface area contributed by atoms with E-state index in [9.17, 15) is 4.79 Å². The maximum absolute atomic E-state index is 13.4. The van der Waals surface area contributed by atoms with Gasteiger partial charge in [-0.3, -0.25) is 9.36 Å². The molecule has 5 rings (SSSR count). The Morgan fingerprint density at radius 2 is 1.88 bits per heavy atom. The molecule has 0 saturated carbocycles. The van der Waals surface area contributed by atoms with Crippen LogP contribution in [0.2, 0.25) is 5.02 Å². The first-order chi connectivity index (χ1) is 16.4. The van der Waals surface area contributed by atoms with Crippen LogP contribution < -0.4 is 5.56 Å². The summed E-state index contributed by atoms with van der Waals surface area (Å²) in [4.78, 5) is 26.0. The molecule has 6 nitrogen and oxygen atoms in total. The zero-order valence-electron chi connectivity index (χ0n) is 19.5. The molecule has 3 heterocycles. The van der Waals surface area contributed by atoms with E-state index < -0.39 is 0 Å². The largest absolute Gasteiger partial charge is 0.328 e. The molecule has 0 atom stereocenters. The van der Waals surface area contributed by atoms with Gasteiger partial charge in [0, 0.05) is 16.4 Å². The number of hydrogen-bond donors (Lipinski definition) is 0. The molecule has 2 aromatic carbocycles. The topological polar surface area (TPSA) is 56.0 Å². The number of hydrogen-bond acceptors (Lipinski definition) is 5. The van der Waals surface area contributed by atoms with Gasteiger partial charge in [-0.15, -0.1) is 11.3 Å². The molecule has 0 aliphatic carbocycles. The Labute approximate surface area is 207 Å². The third-order valence-electron chi connectivity index (χ3n) is 6.23. The van der Waals surface area contributed by atoms with Gasteiger partial charge in [0.05, 0.1) is 22.2 Å². The molecule has 5 aromatic rings. The van der Waals surface area contributed by atoms with E-state index in [-0.39, 0.29) is 5.56 Å². The highest BCUT2D eigenvalue weighted by atomic mass is 35.5. The summed E-state index contributed by atoms with van der Waals surface area (Å²) in [6.07, 6.45) is 2.67. The normalized spacial score (nSPS) is 11.8. The van der Waals surface area contributed by atoms with Crippen molar-refractivity contribution < 1.29 is 0 Å². The van der Waals surface area contributed by atoms with Crippen LogP contribution in [0.4, 0.5) is 0 Å². The molecule has 0 bridgehead atoms. The van der Waals surface area contributed by atoms with E-state index >= 15 is 0 Å². The molecule has 0 N–H and O–H groups in total. The van der Waals surface area contributed by atoms with Crippen LogP contribution in [0.15, 0.2) is 59.7 Å². The summed E-state index contributed by atoms with van der Waals surface area (Å²) >= 11 is 7.47. The number of fused-ring (bicyclic) bond motifs is 2. The van der Waals surface area contributed by atoms with Crippen LogP contribution >= 0.6 is 22.9 Å². The Kier molecular flexibility index (Phi) is 6.25. The first kappa shape index (κ1) is 22.8. The predicted octanol–water partition coefficient (Wildman–Crippen LogP) is 5.77. The Morgan fingerprint density at radius 3 is 2.65 bits per heavy atom. The van der Waals surface area contributed by atoms with Crippen LogP contribution in [-0.2, 0) is 6.54 Å². The maximum Gasteiger partial charge on any atom is 0.275 e. The number of rotatable bonds is 7. The van der Waals surface area contributed by atoms with Gasteiger partial charge in [0.2, 0.25) is 0 Å². The molecule has 0 fully saturated rings. The molecule has 34 heavy (non-hydrogen) atoms. The van der Waals surface area contributed by atoms with Gasteiger partial charge in [-0.1, -0.05) is 30.7 Å². The second kappa shape index (κ2) is 9.33. The van der Waals surface area contributed by atoms with E-state index in [0.717, 1.165) is 59.0 Å². The minimum atomic E-state index is -0.0756. The van der Waals surface area contributed by atoms with Crippen LogP contribution in [0.1, 0.15) is 19.2 Å². The van der Waals surface area contributed by atoms with Crippen LogP contribution in [-0.4, -0.2) is 44.1 Å². The average molecular weight is 492 g/mol. The van der Waals surface area contributed by atoms with Crippen LogP contribution in [0.5, 0.6) is 0 Å². The van der Waals surface area contributed by atoms with Crippen molar-refractivity contribution in [1.29, 1.82) is 0 Å². The Morgan fingerprint density at radius 1 is 1.09 bits per heavy atom. The van der Waals surface area contributed by atoms with Gasteiger partial charge < -0.3 is 9.47 Å². The van der Waals surface area contributed by atoms with E-state index in [1.807, 2.05) is 49.4 Å². The van der Waals surface area contributed by atoms with Gasteiger partial charge in [-0.05, 0) is 75.4 Å². The summed E-state index contributed by atoms with van der Waals surface area (Å²) < 4.78 is 4.49. The third kappa shape index (κ3) is 4.27. The molecule has 8 heteroatoms. The number of aromatic nitrogens is 4. The quantitative estimate of drug-likeness (QED) is 0.290. The van der Waals surface area contributed by atoms with E-state index in [4.69, 9.17) is 16.6 Å². The fourth-order valence-electron chi connectivity index (χ4n) is 4.18. The minimum absolute atomic E-state index is 0.0756. The lowest BCUT2D eigenvalue weighted by Gasteiger charge is -2.14. The van der Waals surface area contributed by atoms with Gasteiger partial charge in [-0.25, -0.2) is 9.97 Å². The number of thiophene rings is 1. The predicted molar refractivity (Wildman–Crippen MR) is 141 cm³/mol. The standard InChI is InChI=1S/C26H26ClN5OS/c1-4-30(3)12-5-13-31-17(2)29-21-14-20(10-11-23(21)31)32-16-28-22-15-24(34-25(22)26(32)33)18-6-8-19(27)9-7-18/h6-11,14-16H,4-5,12-13H2,1-3H3. The third-order valence-corrected chi connectivity index (χ3v) is 7.64. The highest BCUT2D eigenvalue weighted by Crippen LogP contribution is 2.31. The first-order valence-corrected chi connectivity index (χ1v) is 12.6. The lowest BCUT2D eigenvalue weighted by Crippen LogP contribution is -2.20. The fraction of sp³-hybridized carbons (Fsp3) is 0.269. The van der Waals surface area contributed by atoms with Crippen LogP contribution in [0.25, 0.3) is 37.4 Å². The highest BCUT2D eigenvalue weighted by molar-refractivity contribution is 7.22. The lowest BCUT2D eigenvalue weighted by molar-refractivity contribution is 0.338. The summed E-state index contributed by atoms with van der Waals surface area (Å²) in [5, 5.41) is 0.687. The van der Waals surface area contributed by atoms with Crippen LogP contribution in [0.3, 0.4) is 0 Å². The second-order valence-corrected chi connectivity index (χ2v) is 9.97. The van der Waals surface area contributed by atoms with Crippen molar-refractivity contribution in [2.24, 2.45) is 0 Å². The number of benzene rings is 2. The average Bonchev–Trinajstić information content (AvgIpc) is 3.41. The van der Waals surface area contributed by atoms with E-state index in [1.165, 1.54) is 11.3 Å². The van der Waals surface area contributed by atoms with Gasteiger partial charge in [-0.2, -0.15) is 0 Å². The van der Waals surface area contributed by atoms with Gasteiger partial charge in [0.25, 0.3) is 5.56 Å². The van der Waals surface area contributed by atoms with Gasteiger partial charge in [0.15, 0.2) is 0 Å². The Bertz CT molecular complexity index is 1530. The number of halogens is 1.